The number of hydrogen-bond donors (Lipinski definition) is 0. The van der Waals surface area contributed by atoms with Crippen LogP contribution in [0, 0.1) is 6.92 Å². The zero-order chi connectivity index (χ0) is 18.4. The summed E-state index contributed by atoms with van der Waals surface area (Å²) in [5, 5.41) is 7.77. The van der Waals surface area contributed by atoms with Crippen molar-refractivity contribution in [3.63, 3.8) is 0 Å². The number of benzene rings is 3. The third-order valence-corrected chi connectivity index (χ3v) is 5.45. The van der Waals surface area contributed by atoms with E-state index in [1.165, 1.54) is 11.1 Å². The summed E-state index contributed by atoms with van der Waals surface area (Å²) in [5.41, 5.74) is 5.70. The number of ether oxygens (including phenoxy) is 1. The van der Waals surface area contributed by atoms with Crippen molar-refractivity contribution in [3.8, 4) is 5.75 Å². The molecule has 27 heavy (non-hydrogen) atoms. The van der Waals surface area contributed by atoms with Gasteiger partial charge in [0.2, 0.25) is 6.23 Å². The van der Waals surface area contributed by atoms with E-state index in [0.29, 0.717) is 5.02 Å². The van der Waals surface area contributed by atoms with Gasteiger partial charge in [-0.3, -0.25) is 0 Å². The fourth-order valence-corrected chi connectivity index (χ4v) is 4.03. The Kier molecular flexibility index (Phi) is 3.91. The molecule has 134 valence electrons. The Labute approximate surface area is 163 Å². The van der Waals surface area contributed by atoms with Gasteiger partial charge in [0.1, 0.15) is 5.75 Å². The Morgan fingerprint density at radius 1 is 1.00 bits per heavy atom. The average molecular weight is 375 g/mol. The molecular weight excluding hydrogens is 356 g/mol. The summed E-state index contributed by atoms with van der Waals surface area (Å²) in [6, 6.07) is 24.8. The van der Waals surface area contributed by atoms with E-state index in [1.807, 2.05) is 36.4 Å². The Bertz CT molecular complexity index is 1030. The molecule has 0 unspecified atom stereocenters. The van der Waals surface area contributed by atoms with Crippen molar-refractivity contribution in [2.24, 2.45) is 5.10 Å². The number of aryl methyl sites for hydroxylation is 1. The van der Waals surface area contributed by atoms with Crippen LogP contribution in [0.25, 0.3) is 0 Å². The zero-order valence-corrected chi connectivity index (χ0v) is 15.7. The largest absolute Gasteiger partial charge is 0.464 e. The number of rotatable bonds is 2. The van der Waals surface area contributed by atoms with Crippen LogP contribution in [0.15, 0.2) is 77.9 Å². The molecule has 0 bridgehead atoms. The highest BCUT2D eigenvalue weighted by Crippen LogP contribution is 2.47. The molecule has 3 aromatic rings. The second-order valence-corrected chi connectivity index (χ2v) is 7.51. The standard InChI is InChI=1S/C23H19ClN2O/c1-15-9-11-16(12-10-15)20-14-21-19-7-2-3-8-22(19)27-23(26(21)25-20)17-5-4-6-18(24)13-17/h2-13,21,23H,14H2,1H3/t21-,23-/m0/s1. The SMILES string of the molecule is Cc1ccc(C2=NN3[C@@H](C2)c2ccccc2O[C@H]3c2cccc(Cl)c2)cc1. The van der Waals surface area contributed by atoms with Crippen molar-refractivity contribution in [1.82, 2.24) is 5.01 Å². The predicted molar refractivity (Wildman–Crippen MR) is 108 cm³/mol. The molecule has 0 fully saturated rings. The van der Waals surface area contributed by atoms with E-state index >= 15 is 0 Å². The number of fused-ring (bicyclic) bond motifs is 3. The van der Waals surface area contributed by atoms with Crippen molar-refractivity contribution in [1.29, 1.82) is 0 Å². The smallest absolute Gasteiger partial charge is 0.213 e. The van der Waals surface area contributed by atoms with Gasteiger partial charge in [-0.1, -0.05) is 71.8 Å². The molecule has 5 rings (SSSR count). The van der Waals surface area contributed by atoms with Gasteiger partial charge in [-0.05, 0) is 30.7 Å². The lowest BCUT2D eigenvalue weighted by Crippen LogP contribution is -2.33. The number of nitrogens with zero attached hydrogens (tertiary/aromatic N) is 2. The molecule has 0 aromatic heterocycles. The highest BCUT2D eigenvalue weighted by Gasteiger charge is 2.40. The first kappa shape index (κ1) is 16.4. The van der Waals surface area contributed by atoms with Crippen LogP contribution < -0.4 is 4.74 Å². The van der Waals surface area contributed by atoms with Gasteiger partial charge in [-0.2, -0.15) is 5.10 Å². The van der Waals surface area contributed by atoms with Gasteiger partial charge in [0.15, 0.2) is 0 Å². The fraction of sp³-hybridized carbons (Fsp3) is 0.174. The molecule has 2 heterocycles. The fourth-order valence-electron chi connectivity index (χ4n) is 3.83. The van der Waals surface area contributed by atoms with Crippen molar-refractivity contribution in [3.05, 3.63) is 100 Å². The van der Waals surface area contributed by atoms with Gasteiger partial charge < -0.3 is 4.74 Å². The molecule has 2 aliphatic rings. The normalized spacial score (nSPS) is 20.5. The molecule has 0 aliphatic carbocycles. The van der Waals surface area contributed by atoms with Crippen LogP contribution in [0.4, 0.5) is 0 Å². The molecule has 2 aliphatic heterocycles. The molecule has 3 aromatic carbocycles. The first-order valence-corrected chi connectivity index (χ1v) is 9.51. The summed E-state index contributed by atoms with van der Waals surface area (Å²) in [6.07, 6.45) is 0.576. The summed E-state index contributed by atoms with van der Waals surface area (Å²) in [4.78, 5) is 0. The van der Waals surface area contributed by atoms with E-state index in [4.69, 9.17) is 21.4 Å². The van der Waals surface area contributed by atoms with Crippen molar-refractivity contribution >= 4 is 17.3 Å². The number of hydrogen-bond acceptors (Lipinski definition) is 3. The summed E-state index contributed by atoms with van der Waals surface area (Å²) in [5.74, 6) is 0.920. The topological polar surface area (TPSA) is 24.8 Å². The van der Waals surface area contributed by atoms with Crippen LogP contribution in [-0.4, -0.2) is 10.7 Å². The van der Waals surface area contributed by atoms with Crippen LogP contribution in [0.3, 0.4) is 0 Å². The lowest BCUT2D eigenvalue weighted by atomic mass is 9.95. The maximum Gasteiger partial charge on any atom is 0.213 e. The zero-order valence-electron chi connectivity index (χ0n) is 15.0. The second-order valence-electron chi connectivity index (χ2n) is 7.08. The quantitative estimate of drug-likeness (QED) is 0.558. The van der Waals surface area contributed by atoms with Crippen molar-refractivity contribution in [2.75, 3.05) is 0 Å². The molecule has 0 saturated carbocycles. The number of hydrazone groups is 1. The summed E-state index contributed by atoms with van der Waals surface area (Å²) >= 11 is 6.24. The van der Waals surface area contributed by atoms with E-state index in [1.54, 1.807) is 0 Å². The van der Waals surface area contributed by atoms with Gasteiger partial charge in [0.25, 0.3) is 0 Å². The lowest BCUT2D eigenvalue weighted by molar-refractivity contribution is -0.0190. The van der Waals surface area contributed by atoms with Crippen molar-refractivity contribution < 1.29 is 4.74 Å². The Morgan fingerprint density at radius 3 is 2.63 bits per heavy atom. The maximum atomic E-state index is 6.35. The second kappa shape index (κ2) is 6.43. The number of halogens is 1. The molecule has 2 atom stereocenters. The lowest BCUT2D eigenvalue weighted by Gasteiger charge is -2.38. The van der Waals surface area contributed by atoms with Gasteiger partial charge in [0.05, 0.1) is 11.8 Å². The summed E-state index contributed by atoms with van der Waals surface area (Å²) in [7, 11) is 0. The van der Waals surface area contributed by atoms with Gasteiger partial charge >= 0.3 is 0 Å². The van der Waals surface area contributed by atoms with E-state index in [-0.39, 0.29) is 12.3 Å². The van der Waals surface area contributed by atoms with E-state index in [9.17, 15) is 0 Å². The van der Waals surface area contributed by atoms with Crippen LogP contribution >= 0.6 is 11.6 Å². The first-order chi connectivity index (χ1) is 13.2. The predicted octanol–water partition coefficient (Wildman–Crippen LogP) is 5.89. The molecule has 0 radical (unpaired) electrons. The third-order valence-electron chi connectivity index (χ3n) is 5.22. The Hall–Kier alpha value is -2.78. The minimum atomic E-state index is -0.286. The van der Waals surface area contributed by atoms with E-state index in [0.717, 1.165) is 29.0 Å². The molecule has 0 N–H and O–H groups in total. The van der Waals surface area contributed by atoms with E-state index in [2.05, 4.69) is 48.3 Å². The first-order valence-electron chi connectivity index (χ1n) is 9.13. The highest BCUT2D eigenvalue weighted by molar-refractivity contribution is 6.30. The third kappa shape index (κ3) is 2.88. The molecule has 3 nitrogen and oxygen atoms in total. The molecule has 0 spiro atoms. The molecule has 0 amide bonds. The van der Waals surface area contributed by atoms with Crippen LogP contribution in [0.2, 0.25) is 5.02 Å². The summed E-state index contributed by atoms with van der Waals surface area (Å²) < 4.78 is 6.35. The van der Waals surface area contributed by atoms with Gasteiger partial charge in [-0.15, -0.1) is 0 Å². The van der Waals surface area contributed by atoms with Crippen molar-refractivity contribution in [2.45, 2.75) is 25.6 Å². The van der Waals surface area contributed by atoms with Crippen LogP contribution in [0.1, 0.15) is 40.9 Å². The Balaban J connectivity index is 1.60. The summed E-state index contributed by atoms with van der Waals surface area (Å²) in [6.45, 7) is 2.10. The van der Waals surface area contributed by atoms with Crippen LogP contribution in [0.5, 0.6) is 5.75 Å². The highest BCUT2D eigenvalue weighted by atomic mass is 35.5. The van der Waals surface area contributed by atoms with E-state index < -0.39 is 0 Å². The van der Waals surface area contributed by atoms with Crippen LogP contribution in [-0.2, 0) is 0 Å². The minimum absolute atomic E-state index is 0.162. The monoisotopic (exact) mass is 374 g/mol. The maximum absolute atomic E-state index is 6.35. The molecule has 0 saturated heterocycles. The molecule has 4 heteroatoms. The minimum Gasteiger partial charge on any atom is -0.464 e. The van der Waals surface area contributed by atoms with Gasteiger partial charge in [-0.25, -0.2) is 5.01 Å². The van der Waals surface area contributed by atoms with Gasteiger partial charge in [0, 0.05) is 22.6 Å². The number of para-hydroxylation sites is 1. The Morgan fingerprint density at radius 2 is 1.81 bits per heavy atom. The molecular formula is C23H19ClN2O. The average Bonchev–Trinajstić information content (AvgIpc) is 3.13.